The lowest BCUT2D eigenvalue weighted by molar-refractivity contribution is -0.144. The van der Waals surface area contributed by atoms with Crippen molar-refractivity contribution in [3.05, 3.63) is 29.3 Å². The smallest absolute Gasteiger partial charge is 0.328 e. The van der Waals surface area contributed by atoms with E-state index in [1.54, 1.807) is 6.07 Å². The molecule has 2 atom stereocenters. The van der Waals surface area contributed by atoms with Crippen LogP contribution in [-0.4, -0.2) is 40.0 Å². The van der Waals surface area contributed by atoms with Gasteiger partial charge in [0.1, 0.15) is 0 Å². The topological polar surface area (TPSA) is 86.6 Å². The Hall–Kier alpha value is -1.24. The average Bonchev–Trinajstić information content (AvgIpc) is 2.37. The molecule has 1 rings (SSSR count). The van der Waals surface area contributed by atoms with Gasteiger partial charge in [-0.2, -0.15) is 0 Å². The second-order valence-electron chi connectivity index (χ2n) is 4.15. The summed E-state index contributed by atoms with van der Waals surface area (Å²) in [4.78, 5) is 23.3. The number of halogens is 1. The molecule has 0 fully saturated rings. The third-order valence-electron chi connectivity index (χ3n) is 2.49. The summed E-state index contributed by atoms with van der Waals surface area (Å²) in [5, 5.41) is 21.0. The highest BCUT2D eigenvalue weighted by molar-refractivity contribution is 7.99. The molecule has 1 aromatic carbocycles. The quantitative estimate of drug-likeness (QED) is 0.667. The Kier molecular flexibility index (Phi) is 6.84. The molecular formula is C13H16ClNO4S. The monoisotopic (exact) mass is 317 g/mol. The molecule has 2 unspecified atom stereocenters. The second kappa shape index (κ2) is 8.14. The molecule has 7 heteroatoms. The van der Waals surface area contributed by atoms with Gasteiger partial charge in [-0.25, -0.2) is 4.79 Å². The van der Waals surface area contributed by atoms with Gasteiger partial charge in [-0.1, -0.05) is 23.7 Å². The fraction of sp³-hybridized carbons (Fsp3) is 0.385. The van der Waals surface area contributed by atoms with Crippen LogP contribution in [0.2, 0.25) is 5.02 Å². The van der Waals surface area contributed by atoms with Crippen LogP contribution < -0.4 is 5.32 Å². The lowest BCUT2D eigenvalue weighted by atomic mass is 10.2. The molecule has 0 saturated carbocycles. The molecule has 1 aromatic rings. The normalized spacial score (nSPS) is 13.6. The molecule has 0 aliphatic rings. The third-order valence-corrected chi connectivity index (χ3v) is 4.01. The summed E-state index contributed by atoms with van der Waals surface area (Å²) in [6, 6.07) is 5.99. The number of benzene rings is 1. The van der Waals surface area contributed by atoms with Gasteiger partial charge < -0.3 is 15.5 Å². The average molecular weight is 318 g/mol. The Labute approximate surface area is 126 Å². The van der Waals surface area contributed by atoms with Crippen LogP contribution in [0.15, 0.2) is 29.2 Å². The van der Waals surface area contributed by atoms with Gasteiger partial charge in [0.05, 0.1) is 11.1 Å². The van der Waals surface area contributed by atoms with Crippen molar-refractivity contribution in [3.63, 3.8) is 0 Å². The first-order valence-corrected chi connectivity index (χ1v) is 7.35. The lowest BCUT2D eigenvalue weighted by Gasteiger charge is -2.16. The summed E-state index contributed by atoms with van der Waals surface area (Å²) in [6.45, 7) is 1.32. The number of hydrogen-bond acceptors (Lipinski definition) is 4. The molecule has 0 bridgehead atoms. The van der Waals surface area contributed by atoms with Crippen LogP contribution in [0, 0.1) is 0 Å². The second-order valence-corrected chi connectivity index (χ2v) is 5.70. The number of thioether (sulfide) groups is 1. The Morgan fingerprint density at radius 1 is 1.40 bits per heavy atom. The number of aliphatic hydroxyl groups is 1. The number of carboxylic acid groups (broad SMARTS) is 1. The molecule has 3 N–H and O–H groups in total. The minimum Gasteiger partial charge on any atom is -0.480 e. The largest absolute Gasteiger partial charge is 0.480 e. The number of aliphatic carboxylic acids is 1. The van der Waals surface area contributed by atoms with Crippen LogP contribution in [0.3, 0.4) is 0 Å². The van der Waals surface area contributed by atoms with Gasteiger partial charge in [-0.15, -0.1) is 11.8 Å². The molecule has 1 amide bonds. The Morgan fingerprint density at radius 3 is 2.60 bits per heavy atom. The van der Waals surface area contributed by atoms with E-state index in [1.165, 1.54) is 18.7 Å². The van der Waals surface area contributed by atoms with E-state index in [-0.39, 0.29) is 6.42 Å². The zero-order valence-corrected chi connectivity index (χ0v) is 12.4. The SMILES string of the molecule is CC(O)C(NC(=O)CCSc1ccccc1Cl)C(=O)O. The predicted molar refractivity (Wildman–Crippen MR) is 78.0 cm³/mol. The van der Waals surface area contributed by atoms with Gasteiger partial charge >= 0.3 is 5.97 Å². The maximum Gasteiger partial charge on any atom is 0.328 e. The molecule has 0 aliphatic heterocycles. The Morgan fingerprint density at radius 2 is 2.05 bits per heavy atom. The molecule has 20 heavy (non-hydrogen) atoms. The zero-order chi connectivity index (χ0) is 15.1. The Balaban J connectivity index is 2.40. The lowest BCUT2D eigenvalue weighted by Crippen LogP contribution is -2.47. The van der Waals surface area contributed by atoms with E-state index in [9.17, 15) is 14.7 Å². The Bertz CT molecular complexity index is 481. The fourth-order valence-corrected chi connectivity index (χ4v) is 2.64. The van der Waals surface area contributed by atoms with E-state index in [2.05, 4.69) is 5.32 Å². The molecule has 0 saturated heterocycles. The highest BCUT2D eigenvalue weighted by atomic mass is 35.5. The molecule has 110 valence electrons. The van der Waals surface area contributed by atoms with Gasteiger partial charge in [0, 0.05) is 17.1 Å². The minimum absolute atomic E-state index is 0.145. The first kappa shape index (κ1) is 16.8. The number of carboxylic acids is 1. The standard InChI is InChI=1S/C13H16ClNO4S/c1-8(16)12(13(18)19)15-11(17)6-7-20-10-5-3-2-4-9(10)14/h2-5,8,12,16H,6-7H2,1H3,(H,15,17)(H,18,19). The number of carbonyl (C=O) groups is 2. The van der Waals surface area contributed by atoms with Crippen LogP contribution >= 0.6 is 23.4 Å². The zero-order valence-electron chi connectivity index (χ0n) is 10.9. The molecule has 0 heterocycles. The van der Waals surface area contributed by atoms with Crippen LogP contribution in [0.1, 0.15) is 13.3 Å². The van der Waals surface area contributed by atoms with Gasteiger partial charge in [0.2, 0.25) is 5.91 Å². The summed E-state index contributed by atoms with van der Waals surface area (Å²) in [5.74, 6) is -1.20. The molecule has 0 aliphatic carbocycles. The molecule has 0 aromatic heterocycles. The van der Waals surface area contributed by atoms with E-state index < -0.39 is 24.0 Å². The van der Waals surface area contributed by atoms with Crippen LogP contribution in [0.25, 0.3) is 0 Å². The number of nitrogens with one attached hydrogen (secondary N) is 1. The molecule has 0 radical (unpaired) electrons. The van der Waals surface area contributed by atoms with Gasteiger partial charge in [-0.05, 0) is 19.1 Å². The van der Waals surface area contributed by atoms with E-state index >= 15 is 0 Å². The van der Waals surface area contributed by atoms with Crippen LogP contribution in [0.4, 0.5) is 0 Å². The van der Waals surface area contributed by atoms with Crippen molar-refractivity contribution >= 4 is 35.2 Å². The predicted octanol–water partition coefficient (Wildman–Crippen LogP) is 1.77. The summed E-state index contributed by atoms with van der Waals surface area (Å²) >= 11 is 7.39. The van der Waals surface area contributed by atoms with Gasteiger partial charge in [0.15, 0.2) is 6.04 Å². The van der Waals surface area contributed by atoms with E-state index in [0.29, 0.717) is 10.8 Å². The number of amides is 1. The van der Waals surface area contributed by atoms with Crippen molar-refractivity contribution in [2.24, 2.45) is 0 Å². The summed E-state index contributed by atoms with van der Waals surface area (Å²) in [7, 11) is 0. The summed E-state index contributed by atoms with van der Waals surface area (Å²) in [6.07, 6.45) is -1.00. The third kappa shape index (κ3) is 5.40. The van der Waals surface area contributed by atoms with Crippen molar-refractivity contribution in [1.82, 2.24) is 5.32 Å². The van der Waals surface area contributed by atoms with Crippen molar-refractivity contribution in [1.29, 1.82) is 0 Å². The molecule has 5 nitrogen and oxygen atoms in total. The number of hydrogen-bond donors (Lipinski definition) is 3. The molecular weight excluding hydrogens is 302 g/mol. The minimum atomic E-state index is -1.28. The number of aliphatic hydroxyl groups excluding tert-OH is 1. The van der Waals surface area contributed by atoms with E-state index in [0.717, 1.165) is 4.90 Å². The van der Waals surface area contributed by atoms with Crippen molar-refractivity contribution in [3.8, 4) is 0 Å². The summed E-state index contributed by atoms with van der Waals surface area (Å²) < 4.78 is 0. The van der Waals surface area contributed by atoms with Crippen LogP contribution in [-0.2, 0) is 9.59 Å². The van der Waals surface area contributed by atoms with Crippen molar-refractivity contribution in [2.45, 2.75) is 30.4 Å². The number of carbonyl (C=O) groups excluding carboxylic acids is 1. The van der Waals surface area contributed by atoms with Gasteiger partial charge in [-0.3, -0.25) is 4.79 Å². The fourth-order valence-electron chi connectivity index (χ4n) is 1.45. The van der Waals surface area contributed by atoms with Gasteiger partial charge in [0.25, 0.3) is 0 Å². The highest BCUT2D eigenvalue weighted by Crippen LogP contribution is 2.26. The number of rotatable bonds is 7. The maximum absolute atomic E-state index is 11.6. The van der Waals surface area contributed by atoms with Crippen molar-refractivity contribution in [2.75, 3.05) is 5.75 Å². The first-order valence-electron chi connectivity index (χ1n) is 5.99. The summed E-state index contributed by atoms with van der Waals surface area (Å²) in [5.41, 5.74) is 0. The van der Waals surface area contributed by atoms with E-state index in [1.807, 2.05) is 18.2 Å². The van der Waals surface area contributed by atoms with Crippen molar-refractivity contribution < 1.29 is 19.8 Å². The maximum atomic E-state index is 11.6. The van der Waals surface area contributed by atoms with E-state index in [4.69, 9.17) is 16.7 Å². The van der Waals surface area contributed by atoms with Crippen LogP contribution in [0.5, 0.6) is 0 Å². The first-order chi connectivity index (χ1) is 9.41. The highest BCUT2D eigenvalue weighted by Gasteiger charge is 2.24. The molecule has 0 spiro atoms.